The molecule has 12 aromatic carbocycles. The standard InChI is InChI=1S/4C29H28N/c1-18-9-6-7-12-23(18)26-17-30(5)27(15-21(26)4)29-20(3)13-14-24-25(29)16-22-11-8-10-19(2)28(22)24;1-18-9-6-7-11-22(18)27-17-30(5)28(15-21(27)4)29-20(3)13-14-24-23-12-8-10-19(2)25(23)16-26(24)29;1-18-10-12-24-22(14-18)16-26-25(24)13-11-20(3)29(26)28-15-21(4)27(17-30(28)5)23-9-7-6-8-19(23)2;1-18-10-12-22-16-26-24(25(22)14-18)13-11-20(3)29(26)28-15-21(4)27(17-30(28)5)23-9-7-6-8-19(23)2/h4*6-15,17H,16H2,1-5H3/q4*+1. The molecule has 0 spiro atoms. The average Bonchev–Trinajstić information content (AvgIpc) is 1.62. The minimum absolute atomic E-state index is 1.01. The van der Waals surface area contributed by atoms with Crippen molar-refractivity contribution in [1.82, 2.24) is 0 Å². The van der Waals surface area contributed by atoms with Gasteiger partial charge in [-0.2, -0.15) is 0 Å². The van der Waals surface area contributed by atoms with Crippen LogP contribution in [-0.2, 0) is 53.9 Å². The first-order chi connectivity index (χ1) is 57.8. The first kappa shape index (κ1) is 79.7. The molecule has 4 heterocycles. The molecule has 0 radical (unpaired) electrons. The summed E-state index contributed by atoms with van der Waals surface area (Å²) in [5.74, 6) is 0. The van der Waals surface area contributed by atoms with Gasteiger partial charge in [-0.3, -0.25) is 0 Å². The number of hydrogen-bond acceptors (Lipinski definition) is 0. The summed E-state index contributed by atoms with van der Waals surface area (Å²) < 4.78 is 9.25. The number of hydrogen-bond donors (Lipinski definition) is 0. The summed E-state index contributed by atoms with van der Waals surface area (Å²) in [6.45, 7) is 35.5. The van der Waals surface area contributed by atoms with Gasteiger partial charge in [-0.05, 0) is 326 Å². The van der Waals surface area contributed by atoms with Crippen molar-refractivity contribution in [1.29, 1.82) is 0 Å². The molecule has 592 valence electrons. The molecule has 20 rings (SSSR count). The second kappa shape index (κ2) is 32.2. The van der Waals surface area contributed by atoms with Gasteiger partial charge in [0.05, 0.1) is 22.3 Å². The zero-order chi connectivity index (χ0) is 84.0. The Balaban J connectivity index is 0.000000114. The third-order valence-electron chi connectivity index (χ3n) is 26.7. The Morgan fingerprint density at radius 3 is 0.883 bits per heavy atom. The number of aryl methyl sites for hydroxylation is 20. The Morgan fingerprint density at radius 1 is 0.167 bits per heavy atom. The van der Waals surface area contributed by atoms with E-state index in [1.807, 2.05) is 0 Å². The van der Waals surface area contributed by atoms with Crippen molar-refractivity contribution < 1.29 is 18.3 Å². The predicted molar refractivity (Wildman–Crippen MR) is 503 cm³/mol. The molecule has 0 bridgehead atoms. The van der Waals surface area contributed by atoms with E-state index in [-0.39, 0.29) is 0 Å². The zero-order valence-corrected chi connectivity index (χ0v) is 74.0. The van der Waals surface area contributed by atoms with Crippen molar-refractivity contribution in [3.8, 4) is 134 Å². The van der Waals surface area contributed by atoms with Gasteiger partial charge in [0.15, 0.2) is 24.8 Å². The lowest BCUT2D eigenvalue weighted by atomic mass is 9.91. The van der Waals surface area contributed by atoms with Crippen LogP contribution in [0.4, 0.5) is 0 Å². The first-order valence-corrected chi connectivity index (χ1v) is 42.9. The lowest BCUT2D eigenvalue weighted by molar-refractivity contribution is -0.660. The molecule has 0 unspecified atom stereocenters. The molecular weight excluding hydrogens is 1450 g/mol. The van der Waals surface area contributed by atoms with Crippen molar-refractivity contribution in [3.05, 3.63) is 401 Å². The van der Waals surface area contributed by atoms with Gasteiger partial charge in [-0.25, -0.2) is 18.3 Å². The monoisotopic (exact) mass is 1560 g/mol. The van der Waals surface area contributed by atoms with Gasteiger partial charge in [-0.15, -0.1) is 0 Å². The van der Waals surface area contributed by atoms with Gasteiger partial charge >= 0.3 is 0 Å². The van der Waals surface area contributed by atoms with Crippen molar-refractivity contribution in [2.75, 3.05) is 0 Å². The number of benzene rings is 12. The van der Waals surface area contributed by atoms with Crippen molar-refractivity contribution in [2.45, 2.75) is 136 Å². The van der Waals surface area contributed by atoms with E-state index in [0.717, 1.165) is 25.7 Å². The third kappa shape index (κ3) is 14.5. The molecule has 0 fully saturated rings. The summed E-state index contributed by atoms with van der Waals surface area (Å²) in [4.78, 5) is 0. The van der Waals surface area contributed by atoms with Crippen LogP contribution < -0.4 is 18.3 Å². The van der Waals surface area contributed by atoms with Crippen molar-refractivity contribution in [3.63, 3.8) is 0 Å². The van der Waals surface area contributed by atoms with Gasteiger partial charge in [0, 0.05) is 46.5 Å². The molecule has 120 heavy (non-hydrogen) atoms. The topological polar surface area (TPSA) is 15.5 Å². The van der Waals surface area contributed by atoms with Gasteiger partial charge in [0.25, 0.3) is 0 Å². The number of pyridine rings is 4. The minimum Gasteiger partial charge on any atom is -0.200 e. The normalized spacial score (nSPS) is 12.0. The van der Waals surface area contributed by atoms with E-state index in [2.05, 4.69) is 425 Å². The smallest absolute Gasteiger partial charge is 0.200 e. The second-order valence-corrected chi connectivity index (χ2v) is 35.1. The van der Waals surface area contributed by atoms with Crippen LogP contribution >= 0.6 is 0 Å². The van der Waals surface area contributed by atoms with Gasteiger partial charge in [0.1, 0.15) is 28.2 Å². The van der Waals surface area contributed by atoms with E-state index >= 15 is 0 Å². The Hall–Kier alpha value is -12.8. The highest BCUT2D eigenvalue weighted by molar-refractivity contribution is 5.91. The van der Waals surface area contributed by atoms with Crippen LogP contribution in [0.3, 0.4) is 0 Å². The molecule has 0 saturated heterocycles. The van der Waals surface area contributed by atoms with Gasteiger partial charge in [0.2, 0.25) is 22.8 Å². The van der Waals surface area contributed by atoms with Crippen molar-refractivity contribution in [2.24, 2.45) is 28.2 Å². The summed E-state index contributed by atoms with van der Waals surface area (Å²) in [6, 6.07) is 89.7. The van der Waals surface area contributed by atoms with E-state index in [9.17, 15) is 0 Å². The molecule has 0 saturated carbocycles. The molecule has 4 heteroatoms. The zero-order valence-electron chi connectivity index (χ0n) is 74.0. The van der Waals surface area contributed by atoms with Crippen LogP contribution in [-0.4, -0.2) is 0 Å². The molecule has 0 N–H and O–H groups in total. The second-order valence-electron chi connectivity index (χ2n) is 35.1. The highest BCUT2D eigenvalue weighted by Crippen LogP contribution is 2.49. The fourth-order valence-corrected chi connectivity index (χ4v) is 20.3. The van der Waals surface area contributed by atoms with E-state index < -0.39 is 0 Å². The molecule has 4 aliphatic rings. The summed E-state index contributed by atoms with van der Waals surface area (Å²) in [5.41, 5.74) is 65.5. The predicted octanol–water partition coefficient (Wildman–Crippen LogP) is 26.6. The molecule has 0 amide bonds. The minimum atomic E-state index is 1.01. The van der Waals surface area contributed by atoms with Gasteiger partial charge < -0.3 is 0 Å². The SMILES string of the molecule is Cc1ccc2c(c1)-c1ccc(C)c(-c3cc(C)c(-c4ccccc4C)c[n+]3C)c1C2.Cc1ccc2c(c1)Cc1c-2ccc(C)c1-c1cc(C)c(-c2ccccc2C)c[n+]1C.Cc1ccccc1-c1c[n+](C)c(-c2c(C)ccc3c2Cc2c(C)cccc2-3)cc1C.Cc1ccccc1-c1c[n+](C)c(-c2c(C)ccc3c2Cc2cccc(C)c2-3)cc1C. The summed E-state index contributed by atoms with van der Waals surface area (Å²) in [5, 5.41) is 0. The number of rotatable bonds is 8. The maximum absolute atomic E-state index is 2.38. The van der Waals surface area contributed by atoms with E-state index in [4.69, 9.17) is 0 Å². The van der Waals surface area contributed by atoms with Crippen LogP contribution in [0.1, 0.15) is 134 Å². The van der Waals surface area contributed by atoms with Crippen LogP contribution in [0.15, 0.2) is 267 Å². The maximum atomic E-state index is 2.38. The van der Waals surface area contributed by atoms with Crippen LogP contribution in [0.2, 0.25) is 0 Å². The molecule has 4 nitrogen and oxygen atoms in total. The quantitative estimate of drug-likeness (QED) is 0.135. The molecular formula is C116H112N4+4. The fraction of sp³-hybridized carbons (Fsp3) is 0.207. The van der Waals surface area contributed by atoms with Gasteiger partial charge in [-0.1, -0.05) is 230 Å². The summed E-state index contributed by atoms with van der Waals surface area (Å²) in [7, 11) is 8.73. The molecule has 4 aliphatic carbocycles. The average molecular weight is 1560 g/mol. The highest BCUT2D eigenvalue weighted by Gasteiger charge is 2.34. The summed E-state index contributed by atoms with van der Waals surface area (Å²) >= 11 is 0. The lowest BCUT2D eigenvalue weighted by Crippen LogP contribution is -2.32. The van der Waals surface area contributed by atoms with E-state index in [1.165, 1.54) is 268 Å². The fourth-order valence-electron chi connectivity index (χ4n) is 20.3. The highest BCUT2D eigenvalue weighted by atomic mass is 14.9. The van der Waals surface area contributed by atoms with Crippen molar-refractivity contribution >= 4 is 0 Å². The number of fused-ring (bicyclic) bond motifs is 12. The van der Waals surface area contributed by atoms with E-state index in [1.54, 1.807) is 0 Å². The largest absolute Gasteiger partial charge is 0.213 e. The van der Waals surface area contributed by atoms with Crippen LogP contribution in [0.25, 0.3) is 134 Å². The third-order valence-corrected chi connectivity index (χ3v) is 26.7. The van der Waals surface area contributed by atoms with E-state index in [0.29, 0.717) is 0 Å². The Labute approximate surface area is 713 Å². The number of nitrogens with zero attached hydrogens (tertiary/aromatic N) is 4. The number of aromatic nitrogens is 4. The van der Waals surface area contributed by atoms with Crippen LogP contribution in [0, 0.1) is 111 Å². The molecule has 0 aliphatic heterocycles. The Bertz CT molecular complexity index is 6880. The molecule has 16 aromatic rings. The maximum Gasteiger partial charge on any atom is 0.213 e. The Morgan fingerprint density at radius 2 is 0.458 bits per heavy atom. The Kier molecular flexibility index (Phi) is 21.4. The lowest BCUT2D eigenvalue weighted by Gasteiger charge is -2.14. The first-order valence-electron chi connectivity index (χ1n) is 42.9. The molecule has 4 aromatic heterocycles. The van der Waals surface area contributed by atoms with Crippen LogP contribution in [0.5, 0.6) is 0 Å². The summed E-state index contributed by atoms with van der Waals surface area (Å²) in [6.07, 6.45) is 13.3. The molecule has 0 atom stereocenters.